The van der Waals surface area contributed by atoms with Crippen molar-refractivity contribution in [2.45, 2.75) is 0 Å². The van der Waals surface area contributed by atoms with E-state index in [1.807, 2.05) is 0 Å². The molecule has 0 saturated heterocycles. The van der Waals surface area contributed by atoms with E-state index < -0.39 is 0 Å². The fourth-order valence-electron chi connectivity index (χ4n) is 6.80. The number of hydrogen-bond acceptors (Lipinski definition) is 1. The molecule has 0 aliphatic rings. The summed E-state index contributed by atoms with van der Waals surface area (Å²) < 4.78 is 2.98. The zero-order valence-corrected chi connectivity index (χ0v) is 26.8. The Hall–Kier alpha value is -5.40. The summed E-state index contributed by atoms with van der Waals surface area (Å²) in [6, 6.07) is 64.2. The molecule has 0 atom stereocenters. The fourth-order valence-corrected chi connectivity index (χ4v) is 9.47. The molecule has 9 aromatic rings. The van der Waals surface area contributed by atoms with E-state index in [2.05, 4.69) is 181 Å². The molecule has 0 N–H and O–H groups in total. The third kappa shape index (κ3) is 4.63. The molecule has 46 heavy (non-hydrogen) atoms. The smallest absolute Gasteiger partial charge is 0.0544 e. The maximum atomic E-state index is 2.41. The molecule has 0 saturated carbocycles. The molecule has 2 heteroatoms. The molecule has 0 aliphatic heterocycles. The Morgan fingerprint density at radius 1 is 0.348 bits per heavy atom. The number of para-hydroxylation sites is 1. The first-order valence-corrected chi connectivity index (χ1v) is 17.4. The van der Waals surface area contributed by atoms with Crippen molar-refractivity contribution >= 4 is 72.4 Å². The quantitative estimate of drug-likeness (QED) is 0.132. The van der Waals surface area contributed by atoms with Crippen LogP contribution in [-0.2, 0) is 0 Å². The molecule has 8 aromatic carbocycles. The SMILES string of the molecule is c1ccc(-c2cccc(-c3cccc(N(c4ccccc4)c4ccc5ccc6ccc7c8ccccc8[se]c7c6c5c4)c3)c2)cc1. The van der Waals surface area contributed by atoms with E-state index in [1.54, 1.807) is 0 Å². The van der Waals surface area contributed by atoms with E-state index in [9.17, 15) is 0 Å². The van der Waals surface area contributed by atoms with Gasteiger partial charge in [0.25, 0.3) is 0 Å². The van der Waals surface area contributed by atoms with Gasteiger partial charge in [0.05, 0.1) is 0 Å². The molecule has 9 rings (SSSR count). The monoisotopic (exact) mass is 651 g/mol. The van der Waals surface area contributed by atoms with E-state index in [0.29, 0.717) is 0 Å². The van der Waals surface area contributed by atoms with Gasteiger partial charge in [-0.25, -0.2) is 0 Å². The van der Waals surface area contributed by atoms with E-state index in [-0.39, 0.29) is 14.5 Å². The van der Waals surface area contributed by atoms with Crippen molar-refractivity contribution in [2.24, 2.45) is 0 Å². The minimum absolute atomic E-state index is 0.275. The largest absolute Gasteiger partial charge is 0.0617 e. The molecule has 1 heterocycles. The van der Waals surface area contributed by atoms with Gasteiger partial charge >= 0.3 is 234 Å². The molecule has 0 radical (unpaired) electrons. The van der Waals surface area contributed by atoms with Gasteiger partial charge in [0, 0.05) is 0 Å². The van der Waals surface area contributed by atoms with Crippen molar-refractivity contribution in [1.29, 1.82) is 0 Å². The third-order valence-electron chi connectivity index (χ3n) is 9.01. The van der Waals surface area contributed by atoms with Gasteiger partial charge in [-0.1, -0.05) is 36.4 Å². The molecular formula is C44H29NSe. The molecule has 1 nitrogen and oxygen atoms in total. The Kier molecular flexibility index (Phi) is 6.56. The minimum atomic E-state index is 0.275. The summed E-state index contributed by atoms with van der Waals surface area (Å²) in [6.07, 6.45) is 0. The summed E-state index contributed by atoms with van der Waals surface area (Å²) >= 11 is 0.275. The summed E-state index contributed by atoms with van der Waals surface area (Å²) in [5.41, 5.74) is 8.28. The van der Waals surface area contributed by atoms with Crippen molar-refractivity contribution in [2.75, 3.05) is 4.90 Å². The number of fused-ring (bicyclic) bond motifs is 7. The van der Waals surface area contributed by atoms with Gasteiger partial charge in [0.1, 0.15) is 0 Å². The van der Waals surface area contributed by atoms with Crippen LogP contribution in [-0.4, -0.2) is 14.5 Å². The number of benzene rings is 8. The predicted octanol–water partition coefficient (Wildman–Crippen LogP) is 12.2. The van der Waals surface area contributed by atoms with E-state index >= 15 is 0 Å². The zero-order valence-electron chi connectivity index (χ0n) is 25.1. The molecule has 0 aliphatic carbocycles. The van der Waals surface area contributed by atoms with Gasteiger partial charge in [-0.05, 0) is 5.56 Å². The van der Waals surface area contributed by atoms with Crippen LogP contribution in [0.15, 0.2) is 176 Å². The molecule has 1 aromatic heterocycles. The van der Waals surface area contributed by atoms with Crippen LogP contribution in [0.4, 0.5) is 17.1 Å². The predicted molar refractivity (Wildman–Crippen MR) is 199 cm³/mol. The normalized spacial score (nSPS) is 11.5. The molecule has 0 fully saturated rings. The third-order valence-corrected chi connectivity index (χ3v) is 11.5. The van der Waals surface area contributed by atoms with E-state index in [4.69, 9.17) is 0 Å². The molecular weight excluding hydrogens is 621 g/mol. The van der Waals surface area contributed by atoms with Crippen LogP contribution in [0.1, 0.15) is 0 Å². The Morgan fingerprint density at radius 3 is 1.78 bits per heavy atom. The van der Waals surface area contributed by atoms with E-state index in [0.717, 1.165) is 17.1 Å². The Balaban J connectivity index is 1.23. The summed E-state index contributed by atoms with van der Waals surface area (Å²) in [4.78, 5) is 2.39. The minimum Gasteiger partial charge on any atom is -0.0617 e. The Morgan fingerprint density at radius 2 is 0.935 bits per heavy atom. The van der Waals surface area contributed by atoms with Crippen LogP contribution < -0.4 is 4.90 Å². The van der Waals surface area contributed by atoms with Gasteiger partial charge in [0.15, 0.2) is 0 Å². The summed E-state index contributed by atoms with van der Waals surface area (Å²) in [5.74, 6) is 0. The van der Waals surface area contributed by atoms with Gasteiger partial charge in [-0.2, -0.15) is 0 Å². The van der Waals surface area contributed by atoms with Crippen LogP contribution in [0.25, 0.3) is 63.1 Å². The van der Waals surface area contributed by atoms with Crippen LogP contribution in [0.5, 0.6) is 0 Å². The summed E-state index contributed by atoms with van der Waals surface area (Å²) in [7, 11) is 0. The van der Waals surface area contributed by atoms with Crippen LogP contribution >= 0.6 is 0 Å². The maximum absolute atomic E-state index is 2.41. The van der Waals surface area contributed by atoms with Crippen molar-refractivity contribution in [1.82, 2.24) is 0 Å². The van der Waals surface area contributed by atoms with Gasteiger partial charge in [-0.15, -0.1) is 0 Å². The Bertz CT molecular complexity index is 2530. The van der Waals surface area contributed by atoms with Crippen LogP contribution in [0.2, 0.25) is 0 Å². The van der Waals surface area contributed by atoms with Gasteiger partial charge in [0.2, 0.25) is 0 Å². The molecule has 0 amide bonds. The maximum Gasteiger partial charge on any atom is -0.0544 e. The van der Waals surface area contributed by atoms with Crippen molar-refractivity contribution in [3.63, 3.8) is 0 Å². The molecule has 216 valence electrons. The second kappa shape index (κ2) is 11.2. The second-order valence-corrected chi connectivity index (χ2v) is 14.0. The number of nitrogens with zero attached hydrogens (tertiary/aromatic N) is 1. The molecule has 0 unspecified atom stereocenters. The molecule has 0 spiro atoms. The standard InChI is InChI=1S/C44H29NSe/c1-3-11-30(12-4-1)33-13-9-14-34(27-33)35-15-10-18-37(28-35)45(36-16-5-2-6-17-36)38-25-23-31-21-22-32-24-26-40-39-19-7-8-20-42(39)46-44(40)43(32)41(31)29-38/h1-29H. The first-order valence-electron chi connectivity index (χ1n) is 15.7. The zero-order chi connectivity index (χ0) is 30.5. The number of anilines is 3. The van der Waals surface area contributed by atoms with Gasteiger partial charge in [-0.3, -0.25) is 0 Å². The van der Waals surface area contributed by atoms with Crippen LogP contribution in [0, 0.1) is 0 Å². The number of rotatable bonds is 5. The fraction of sp³-hybridized carbons (Fsp3) is 0. The summed E-state index contributed by atoms with van der Waals surface area (Å²) in [6.45, 7) is 0. The first-order chi connectivity index (χ1) is 22.8. The number of hydrogen-bond donors (Lipinski definition) is 0. The first kappa shape index (κ1) is 27.0. The van der Waals surface area contributed by atoms with E-state index in [1.165, 1.54) is 63.1 Å². The molecule has 0 bridgehead atoms. The Labute approximate surface area is 274 Å². The van der Waals surface area contributed by atoms with Crippen molar-refractivity contribution in [3.05, 3.63) is 176 Å². The van der Waals surface area contributed by atoms with Crippen molar-refractivity contribution in [3.8, 4) is 22.3 Å². The topological polar surface area (TPSA) is 3.24 Å². The second-order valence-electron chi connectivity index (χ2n) is 11.8. The average Bonchev–Trinajstić information content (AvgIpc) is 3.51. The van der Waals surface area contributed by atoms with Gasteiger partial charge < -0.3 is 0 Å². The van der Waals surface area contributed by atoms with Crippen LogP contribution in [0.3, 0.4) is 0 Å². The summed E-state index contributed by atoms with van der Waals surface area (Å²) in [5, 5.41) is 8.08. The average molecular weight is 651 g/mol. The van der Waals surface area contributed by atoms with Crippen molar-refractivity contribution < 1.29 is 0 Å².